The van der Waals surface area contributed by atoms with Crippen LogP contribution in [0.3, 0.4) is 0 Å². The molecule has 1 aliphatic heterocycles. The van der Waals surface area contributed by atoms with Crippen molar-refractivity contribution in [2.24, 2.45) is 0 Å². The largest absolute Gasteiger partial charge is 0.338 e. The fourth-order valence-corrected chi connectivity index (χ4v) is 3.94. The number of aromatic nitrogens is 2. The van der Waals surface area contributed by atoms with Crippen LogP contribution in [0.25, 0.3) is 10.9 Å². The lowest BCUT2D eigenvalue weighted by atomic mass is 10.1. The highest BCUT2D eigenvalue weighted by Gasteiger charge is 2.21. The summed E-state index contributed by atoms with van der Waals surface area (Å²) < 4.78 is 0. The molecule has 1 saturated heterocycles. The summed E-state index contributed by atoms with van der Waals surface area (Å²) in [6, 6.07) is 7.40. The maximum atomic E-state index is 12.9. The van der Waals surface area contributed by atoms with Crippen LogP contribution >= 0.6 is 0 Å². The van der Waals surface area contributed by atoms with Crippen molar-refractivity contribution in [1.82, 2.24) is 14.9 Å². The van der Waals surface area contributed by atoms with Gasteiger partial charge in [0.25, 0.3) is 11.5 Å². The Kier molecular flexibility index (Phi) is 7.60. The standard InChI is InChI=1S/C22H32N4O2/c1-2-3-13-25(17-21(27)26-14-9-5-4-6-10-15-26)16-20-23-19-12-8-7-11-18(19)22(28)24-20/h7-8,11-12H,2-6,9-10,13-17H2,1H3,(H,23,24,28)/p+1. The van der Waals surface area contributed by atoms with Crippen molar-refractivity contribution in [3.8, 4) is 0 Å². The van der Waals surface area contributed by atoms with E-state index >= 15 is 0 Å². The van der Waals surface area contributed by atoms with E-state index in [-0.39, 0.29) is 11.5 Å². The van der Waals surface area contributed by atoms with Crippen LogP contribution in [0.15, 0.2) is 29.1 Å². The van der Waals surface area contributed by atoms with Gasteiger partial charge in [-0.3, -0.25) is 9.59 Å². The zero-order valence-corrected chi connectivity index (χ0v) is 17.0. The zero-order chi connectivity index (χ0) is 19.8. The van der Waals surface area contributed by atoms with Gasteiger partial charge in [0, 0.05) is 13.1 Å². The number of rotatable bonds is 7. The summed E-state index contributed by atoms with van der Waals surface area (Å²) in [5.74, 6) is 0.895. The SMILES string of the molecule is CCCC[NH+](CC(=O)N1CCCCCCC1)Cc1nc2ccccc2c(=O)[nH]1. The van der Waals surface area contributed by atoms with Gasteiger partial charge in [-0.05, 0) is 31.4 Å². The number of carbonyl (C=O) groups excluding carboxylic acids is 1. The number of likely N-dealkylation sites (tertiary alicyclic amines) is 1. The smallest absolute Gasteiger partial charge is 0.277 e. The minimum absolute atomic E-state index is 0.106. The molecule has 0 aliphatic carbocycles. The molecule has 1 aromatic carbocycles. The van der Waals surface area contributed by atoms with Gasteiger partial charge in [-0.25, -0.2) is 4.98 Å². The van der Waals surface area contributed by atoms with Gasteiger partial charge in [0.1, 0.15) is 6.54 Å². The van der Waals surface area contributed by atoms with Gasteiger partial charge in [-0.15, -0.1) is 0 Å². The van der Waals surface area contributed by atoms with Crippen molar-refractivity contribution in [2.75, 3.05) is 26.2 Å². The van der Waals surface area contributed by atoms with Gasteiger partial charge in [-0.2, -0.15) is 0 Å². The van der Waals surface area contributed by atoms with Crippen molar-refractivity contribution in [2.45, 2.75) is 58.4 Å². The summed E-state index contributed by atoms with van der Waals surface area (Å²) in [5, 5.41) is 0.609. The summed E-state index contributed by atoms with van der Waals surface area (Å²) in [7, 11) is 0. The predicted molar refractivity (Wildman–Crippen MR) is 111 cm³/mol. The lowest BCUT2D eigenvalue weighted by molar-refractivity contribution is -0.907. The third kappa shape index (κ3) is 5.64. The number of amides is 1. The molecule has 0 bridgehead atoms. The molecule has 152 valence electrons. The predicted octanol–water partition coefficient (Wildman–Crippen LogP) is 1.90. The van der Waals surface area contributed by atoms with Crippen LogP contribution in [-0.4, -0.2) is 47.0 Å². The van der Waals surface area contributed by atoms with Crippen molar-refractivity contribution < 1.29 is 9.69 Å². The number of unbranched alkanes of at least 4 members (excludes halogenated alkanes) is 1. The van der Waals surface area contributed by atoms with Crippen molar-refractivity contribution in [1.29, 1.82) is 0 Å². The first-order valence-corrected chi connectivity index (χ1v) is 10.8. The third-order valence-electron chi connectivity index (χ3n) is 5.57. The maximum Gasteiger partial charge on any atom is 0.277 e. The number of para-hydroxylation sites is 1. The van der Waals surface area contributed by atoms with Gasteiger partial charge in [-0.1, -0.05) is 44.7 Å². The second kappa shape index (κ2) is 10.4. The van der Waals surface area contributed by atoms with E-state index < -0.39 is 0 Å². The lowest BCUT2D eigenvalue weighted by Crippen LogP contribution is -3.12. The van der Waals surface area contributed by atoms with Crippen LogP contribution in [-0.2, 0) is 11.3 Å². The topological polar surface area (TPSA) is 70.5 Å². The Labute approximate surface area is 166 Å². The van der Waals surface area contributed by atoms with Gasteiger partial charge in [0.15, 0.2) is 12.4 Å². The molecule has 1 aromatic heterocycles. The monoisotopic (exact) mass is 385 g/mol. The van der Waals surface area contributed by atoms with Gasteiger partial charge in [0.2, 0.25) is 0 Å². The molecule has 6 nitrogen and oxygen atoms in total. The summed E-state index contributed by atoms with van der Waals surface area (Å²) >= 11 is 0. The summed E-state index contributed by atoms with van der Waals surface area (Å²) in [5.41, 5.74) is 0.608. The Morgan fingerprint density at radius 1 is 1.14 bits per heavy atom. The van der Waals surface area contributed by atoms with Gasteiger partial charge < -0.3 is 14.8 Å². The average molecular weight is 386 g/mol. The molecule has 1 atom stereocenters. The molecular formula is C22H33N4O2+. The number of nitrogens with one attached hydrogen (secondary N) is 2. The molecule has 3 rings (SSSR count). The van der Waals surface area contributed by atoms with E-state index in [4.69, 9.17) is 0 Å². The molecule has 1 amide bonds. The van der Waals surface area contributed by atoms with E-state index in [9.17, 15) is 9.59 Å². The Morgan fingerprint density at radius 2 is 1.86 bits per heavy atom. The molecule has 6 heteroatoms. The van der Waals surface area contributed by atoms with Crippen molar-refractivity contribution >= 4 is 16.8 Å². The molecular weight excluding hydrogens is 352 g/mol. The summed E-state index contributed by atoms with van der Waals surface area (Å²) in [4.78, 5) is 36.0. The van der Waals surface area contributed by atoms with E-state index in [1.807, 2.05) is 23.1 Å². The number of hydrogen-bond acceptors (Lipinski definition) is 3. The molecule has 1 aliphatic rings. The van der Waals surface area contributed by atoms with Gasteiger partial charge >= 0.3 is 0 Å². The first-order valence-electron chi connectivity index (χ1n) is 10.8. The van der Waals surface area contributed by atoms with Crippen LogP contribution in [0.5, 0.6) is 0 Å². The Hall–Kier alpha value is -2.21. The number of quaternary nitrogens is 1. The first kappa shape index (κ1) is 20.5. The zero-order valence-electron chi connectivity index (χ0n) is 17.0. The van der Waals surface area contributed by atoms with Crippen LogP contribution in [0.1, 0.15) is 57.7 Å². The highest BCUT2D eigenvalue weighted by molar-refractivity contribution is 5.77. The molecule has 0 saturated carbocycles. The Bertz CT molecular complexity index is 825. The van der Waals surface area contributed by atoms with E-state index in [2.05, 4.69) is 16.9 Å². The number of benzene rings is 1. The summed E-state index contributed by atoms with van der Waals surface area (Å²) in [6.45, 7) is 5.87. The highest BCUT2D eigenvalue weighted by atomic mass is 16.2. The normalized spacial score (nSPS) is 16.5. The second-order valence-electron chi connectivity index (χ2n) is 7.89. The lowest BCUT2D eigenvalue weighted by Gasteiger charge is -2.27. The molecule has 2 N–H and O–H groups in total. The molecule has 2 aromatic rings. The molecule has 0 spiro atoms. The maximum absolute atomic E-state index is 12.9. The molecule has 2 heterocycles. The van der Waals surface area contributed by atoms with Crippen LogP contribution in [0, 0.1) is 0 Å². The van der Waals surface area contributed by atoms with Crippen molar-refractivity contribution in [3.63, 3.8) is 0 Å². The van der Waals surface area contributed by atoms with E-state index in [1.54, 1.807) is 6.07 Å². The number of H-pyrrole nitrogens is 1. The number of aromatic amines is 1. The molecule has 28 heavy (non-hydrogen) atoms. The van der Waals surface area contributed by atoms with Crippen LogP contribution in [0.2, 0.25) is 0 Å². The Morgan fingerprint density at radius 3 is 2.61 bits per heavy atom. The minimum Gasteiger partial charge on any atom is -0.338 e. The number of fused-ring (bicyclic) bond motifs is 1. The van der Waals surface area contributed by atoms with Gasteiger partial charge in [0.05, 0.1) is 17.4 Å². The van der Waals surface area contributed by atoms with E-state index in [1.165, 1.54) is 24.2 Å². The second-order valence-corrected chi connectivity index (χ2v) is 7.89. The Balaban J connectivity index is 1.71. The van der Waals surface area contributed by atoms with E-state index in [0.29, 0.717) is 29.8 Å². The number of carbonyl (C=O) groups is 1. The number of hydrogen-bond donors (Lipinski definition) is 2. The fraction of sp³-hybridized carbons (Fsp3) is 0.591. The quantitative estimate of drug-likeness (QED) is 0.765. The van der Waals surface area contributed by atoms with E-state index in [0.717, 1.165) is 45.3 Å². The number of nitrogens with zero attached hydrogens (tertiary/aromatic N) is 2. The van der Waals surface area contributed by atoms with Crippen LogP contribution < -0.4 is 10.5 Å². The third-order valence-corrected chi connectivity index (χ3v) is 5.57. The molecule has 1 fully saturated rings. The van der Waals surface area contributed by atoms with Crippen LogP contribution in [0.4, 0.5) is 0 Å². The fourth-order valence-electron chi connectivity index (χ4n) is 3.94. The van der Waals surface area contributed by atoms with Crippen molar-refractivity contribution in [3.05, 3.63) is 40.4 Å². The minimum atomic E-state index is -0.106. The highest BCUT2D eigenvalue weighted by Crippen LogP contribution is 2.10. The molecule has 0 radical (unpaired) electrons. The first-order chi connectivity index (χ1) is 13.7. The molecule has 1 unspecified atom stereocenters. The average Bonchev–Trinajstić information content (AvgIpc) is 2.66. The summed E-state index contributed by atoms with van der Waals surface area (Å²) in [6.07, 6.45) is 8.09.